The van der Waals surface area contributed by atoms with Gasteiger partial charge in [0, 0.05) is 23.3 Å². The Hall–Kier alpha value is -2.15. The van der Waals surface area contributed by atoms with E-state index in [4.69, 9.17) is 35.4 Å². The van der Waals surface area contributed by atoms with Gasteiger partial charge in [0.2, 0.25) is 0 Å². The van der Waals surface area contributed by atoms with Crippen molar-refractivity contribution < 1.29 is 4.39 Å². The standard InChI is InChI=1S/C19H17Cl2FN4S/c1-12-5-7-13(8-6-12)9-23-19(27)24-18-16(21)11-26(25-18)10-14-15(20)3-2-4-17(14)22/h2-8,11H,9-10H2,1H3,(H2,23,24,25,27). The van der Waals surface area contributed by atoms with Gasteiger partial charge in [0.15, 0.2) is 10.9 Å². The molecule has 0 saturated carbocycles. The highest BCUT2D eigenvalue weighted by molar-refractivity contribution is 7.80. The fourth-order valence-electron chi connectivity index (χ4n) is 2.45. The summed E-state index contributed by atoms with van der Waals surface area (Å²) < 4.78 is 15.4. The summed E-state index contributed by atoms with van der Waals surface area (Å²) in [5, 5.41) is 11.5. The molecule has 4 nitrogen and oxygen atoms in total. The minimum absolute atomic E-state index is 0.163. The number of nitrogens with zero attached hydrogens (tertiary/aromatic N) is 2. The molecular formula is C19H17Cl2FN4S. The van der Waals surface area contributed by atoms with E-state index < -0.39 is 0 Å². The molecule has 0 fully saturated rings. The summed E-state index contributed by atoms with van der Waals surface area (Å²) >= 11 is 17.6. The van der Waals surface area contributed by atoms with Crippen LogP contribution in [0, 0.1) is 12.7 Å². The van der Waals surface area contributed by atoms with Gasteiger partial charge in [0.05, 0.1) is 6.54 Å². The van der Waals surface area contributed by atoms with Crippen LogP contribution in [0.2, 0.25) is 10.0 Å². The molecule has 0 saturated heterocycles. The molecule has 8 heteroatoms. The Bertz CT molecular complexity index is 937. The molecule has 0 amide bonds. The van der Waals surface area contributed by atoms with E-state index in [9.17, 15) is 4.39 Å². The van der Waals surface area contributed by atoms with E-state index in [0.717, 1.165) is 5.56 Å². The van der Waals surface area contributed by atoms with Gasteiger partial charge < -0.3 is 10.6 Å². The number of anilines is 1. The molecule has 0 aliphatic rings. The van der Waals surface area contributed by atoms with Crippen molar-refractivity contribution >= 4 is 46.4 Å². The molecule has 0 spiro atoms. The van der Waals surface area contributed by atoms with Crippen molar-refractivity contribution in [2.75, 3.05) is 5.32 Å². The third-order valence-corrected chi connectivity index (χ3v) is 4.78. The Kier molecular flexibility index (Phi) is 6.31. The van der Waals surface area contributed by atoms with E-state index in [1.807, 2.05) is 31.2 Å². The number of hydrogen-bond acceptors (Lipinski definition) is 2. The molecule has 2 aromatic carbocycles. The number of benzene rings is 2. The predicted molar refractivity (Wildman–Crippen MR) is 112 cm³/mol. The third kappa shape index (κ3) is 5.19. The molecule has 0 unspecified atom stereocenters. The van der Waals surface area contributed by atoms with Gasteiger partial charge >= 0.3 is 0 Å². The maximum atomic E-state index is 13.9. The minimum Gasteiger partial charge on any atom is -0.358 e. The van der Waals surface area contributed by atoms with Crippen LogP contribution in [-0.2, 0) is 13.1 Å². The van der Waals surface area contributed by atoms with Crippen LogP contribution < -0.4 is 10.6 Å². The smallest absolute Gasteiger partial charge is 0.173 e. The summed E-state index contributed by atoms with van der Waals surface area (Å²) in [7, 11) is 0. The van der Waals surface area contributed by atoms with Crippen molar-refractivity contribution in [2.24, 2.45) is 0 Å². The van der Waals surface area contributed by atoms with E-state index >= 15 is 0 Å². The Labute approximate surface area is 172 Å². The first-order chi connectivity index (χ1) is 12.9. The molecule has 1 heterocycles. The SMILES string of the molecule is Cc1ccc(CNC(=S)Nc2nn(Cc3c(F)cccc3Cl)cc2Cl)cc1. The largest absolute Gasteiger partial charge is 0.358 e. The molecule has 1 aromatic heterocycles. The van der Waals surface area contributed by atoms with E-state index in [2.05, 4.69) is 15.7 Å². The first-order valence-corrected chi connectivity index (χ1v) is 9.35. The average Bonchev–Trinajstić information content (AvgIpc) is 2.97. The van der Waals surface area contributed by atoms with Crippen molar-refractivity contribution in [1.82, 2.24) is 15.1 Å². The number of aromatic nitrogens is 2. The monoisotopic (exact) mass is 422 g/mol. The van der Waals surface area contributed by atoms with Gasteiger partial charge in [-0.15, -0.1) is 0 Å². The molecule has 3 rings (SSSR count). The lowest BCUT2D eigenvalue weighted by Gasteiger charge is -2.09. The van der Waals surface area contributed by atoms with Crippen LogP contribution in [0.15, 0.2) is 48.7 Å². The van der Waals surface area contributed by atoms with Crippen molar-refractivity contribution in [2.45, 2.75) is 20.0 Å². The zero-order chi connectivity index (χ0) is 19.4. The molecular weight excluding hydrogens is 406 g/mol. The van der Waals surface area contributed by atoms with Crippen molar-refractivity contribution in [3.8, 4) is 0 Å². The van der Waals surface area contributed by atoms with E-state index in [0.29, 0.717) is 33.1 Å². The lowest BCUT2D eigenvalue weighted by molar-refractivity contribution is 0.586. The summed E-state index contributed by atoms with van der Waals surface area (Å²) in [6.07, 6.45) is 1.59. The number of rotatable bonds is 5. The second-order valence-corrected chi connectivity index (χ2v) is 7.24. The van der Waals surface area contributed by atoms with Gasteiger partial charge in [-0.2, -0.15) is 5.10 Å². The molecule has 0 aliphatic carbocycles. The fraction of sp³-hybridized carbons (Fsp3) is 0.158. The average molecular weight is 423 g/mol. The second-order valence-electron chi connectivity index (χ2n) is 6.02. The number of nitrogens with one attached hydrogen (secondary N) is 2. The molecule has 27 heavy (non-hydrogen) atoms. The zero-order valence-electron chi connectivity index (χ0n) is 14.5. The van der Waals surface area contributed by atoms with Crippen LogP contribution in [0.1, 0.15) is 16.7 Å². The molecule has 0 atom stereocenters. The van der Waals surface area contributed by atoms with Gasteiger partial charge in [-0.05, 0) is 36.8 Å². The Morgan fingerprint density at radius 2 is 1.89 bits per heavy atom. The molecule has 0 aliphatic heterocycles. The first-order valence-electron chi connectivity index (χ1n) is 8.18. The fourth-order valence-corrected chi connectivity index (χ4v) is 3.04. The van der Waals surface area contributed by atoms with Gasteiger partial charge in [0.25, 0.3) is 0 Å². The van der Waals surface area contributed by atoms with E-state index in [-0.39, 0.29) is 12.4 Å². The number of hydrogen-bond donors (Lipinski definition) is 2. The van der Waals surface area contributed by atoms with Crippen LogP contribution in [0.3, 0.4) is 0 Å². The highest BCUT2D eigenvalue weighted by Gasteiger charge is 2.12. The van der Waals surface area contributed by atoms with Crippen LogP contribution in [0.25, 0.3) is 0 Å². The quantitative estimate of drug-likeness (QED) is 0.556. The van der Waals surface area contributed by atoms with Crippen molar-refractivity contribution in [1.29, 1.82) is 0 Å². The summed E-state index contributed by atoms with van der Waals surface area (Å²) in [5.74, 6) is 0.00412. The number of halogens is 3. The van der Waals surface area contributed by atoms with E-state index in [1.165, 1.54) is 16.3 Å². The number of thiocarbonyl (C=S) groups is 1. The Morgan fingerprint density at radius 1 is 1.15 bits per heavy atom. The van der Waals surface area contributed by atoms with Gasteiger partial charge in [0.1, 0.15) is 10.8 Å². The predicted octanol–water partition coefficient (Wildman–Crippen LogP) is 5.17. The topological polar surface area (TPSA) is 41.9 Å². The van der Waals surface area contributed by atoms with Gasteiger partial charge in [-0.3, -0.25) is 4.68 Å². The van der Waals surface area contributed by atoms with Crippen LogP contribution >= 0.6 is 35.4 Å². The Balaban J connectivity index is 1.62. The summed E-state index contributed by atoms with van der Waals surface area (Å²) in [6.45, 7) is 2.78. The van der Waals surface area contributed by atoms with Crippen molar-refractivity contribution in [3.63, 3.8) is 0 Å². The Morgan fingerprint density at radius 3 is 2.59 bits per heavy atom. The maximum Gasteiger partial charge on any atom is 0.173 e. The van der Waals surface area contributed by atoms with Gasteiger partial charge in [-0.1, -0.05) is 59.1 Å². The third-order valence-electron chi connectivity index (χ3n) is 3.90. The normalized spacial score (nSPS) is 10.7. The van der Waals surface area contributed by atoms with Gasteiger partial charge in [-0.25, -0.2) is 4.39 Å². The maximum absolute atomic E-state index is 13.9. The lowest BCUT2D eigenvalue weighted by atomic mass is 10.1. The van der Waals surface area contributed by atoms with Crippen LogP contribution in [0.5, 0.6) is 0 Å². The summed E-state index contributed by atoms with van der Waals surface area (Å²) in [6, 6.07) is 12.7. The summed E-state index contributed by atoms with van der Waals surface area (Å²) in [5.41, 5.74) is 2.66. The molecule has 0 radical (unpaired) electrons. The number of aryl methyl sites for hydroxylation is 1. The van der Waals surface area contributed by atoms with Crippen LogP contribution in [-0.4, -0.2) is 14.9 Å². The highest BCUT2D eigenvalue weighted by Crippen LogP contribution is 2.23. The molecule has 0 bridgehead atoms. The highest BCUT2D eigenvalue weighted by atomic mass is 35.5. The molecule has 3 aromatic rings. The first kappa shape index (κ1) is 19.6. The minimum atomic E-state index is -0.390. The van der Waals surface area contributed by atoms with E-state index in [1.54, 1.807) is 18.3 Å². The molecule has 2 N–H and O–H groups in total. The second kappa shape index (κ2) is 8.69. The summed E-state index contributed by atoms with van der Waals surface area (Å²) in [4.78, 5) is 0. The van der Waals surface area contributed by atoms with Crippen LogP contribution in [0.4, 0.5) is 10.2 Å². The van der Waals surface area contributed by atoms with Crippen molar-refractivity contribution in [3.05, 3.63) is 81.2 Å². The molecule has 140 valence electrons. The lowest BCUT2D eigenvalue weighted by Crippen LogP contribution is -2.28. The zero-order valence-corrected chi connectivity index (χ0v) is 16.8.